The third kappa shape index (κ3) is 3.18. The summed E-state index contributed by atoms with van der Waals surface area (Å²) in [5, 5.41) is 0.645. The lowest BCUT2D eigenvalue weighted by molar-refractivity contribution is 0.0136. The Hall–Kier alpha value is -0.430. The van der Waals surface area contributed by atoms with Crippen LogP contribution < -0.4 is 0 Å². The van der Waals surface area contributed by atoms with Gasteiger partial charge in [-0.2, -0.15) is 4.31 Å². The largest absolute Gasteiger partial charge is 0.375 e. The standard InChI is InChI=1S/C13H18BrNO3S/c1-10-3-4-11(2)13(7-10)19(16,17)15-5-6-18-12(8-14)9-15/h3-4,7,12H,5-6,8-9H2,1-2H3. The van der Waals surface area contributed by atoms with E-state index in [-0.39, 0.29) is 6.10 Å². The van der Waals surface area contributed by atoms with Crippen LogP contribution in [-0.2, 0) is 14.8 Å². The van der Waals surface area contributed by atoms with Crippen LogP contribution in [0.15, 0.2) is 23.1 Å². The number of rotatable bonds is 3. The van der Waals surface area contributed by atoms with Crippen molar-refractivity contribution in [3.8, 4) is 0 Å². The first kappa shape index (κ1) is 15.0. The third-order valence-corrected chi connectivity index (χ3v) is 5.96. The minimum Gasteiger partial charge on any atom is -0.375 e. The summed E-state index contributed by atoms with van der Waals surface area (Å²) >= 11 is 3.34. The van der Waals surface area contributed by atoms with E-state index >= 15 is 0 Å². The predicted octanol–water partition coefficient (Wildman–Crippen LogP) is 2.09. The molecule has 1 unspecified atom stereocenters. The van der Waals surface area contributed by atoms with E-state index in [0.29, 0.717) is 29.9 Å². The van der Waals surface area contributed by atoms with E-state index in [1.54, 1.807) is 6.07 Å². The van der Waals surface area contributed by atoms with Gasteiger partial charge in [-0.05, 0) is 31.0 Å². The van der Waals surface area contributed by atoms with Crippen molar-refractivity contribution in [1.29, 1.82) is 0 Å². The van der Waals surface area contributed by atoms with E-state index in [0.717, 1.165) is 11.1 Å². The number of ether oxygens (including phenoxy) is 1. The fourth-order valence-electron chi connectivity index (χ4n) is 2.13. The van der Waals surface area contributed by atoms with Gasteiger partial charge >= 0.3 is 0 Å². The number of nitrogens with zero attached hydrogens (tertiary/aromatic N) is 1. The minimum atomic E-state index is -3.43. The molecule has 2 rings (SSSR count). The first-order chi connectivity index (χ1) is 8.95. The summed E-state index contributed by atoms with van der Waals surface area (Å²) < 4.78 is 32.4. The second-order valence-electron chi connectivity index (χ2n) is 4.78. The number of benzene rings is 1. The quantitative estimate of drug-likeness (QED) is 0.786. The van der Waals surface area contributed by atoms with Crippen LogP contribution in [0.5, 0.6) is 0 Å². The summed E-state index contributed by atoms with van der Waals surface area (Å²) in [6, 6.07) is 5.52. The number of hydrogen-bond donors (Lipinski definition) is 0. The van der Waals surface area contributed by atoms with Crippen LogP contribution in [0.3, 0.4) is 0 Å². The monoisotopic (exact) mass is 347 g/mol. The van der Waals surface area contributed by atoms with Gasteiger partial charge < -0.3 is 4.74 Å². The van der Waals surface area contributed by atoms with Crippen LogP contribution in [0.2, 0.25) is 0 Å². The van der Waals surface area contributed by atoms with Crippen molar-refractivity contribution in [3.63, 3.8) is 0 Å². The predicted molar refractivity (Wildman–Crippen MR) is 78.2 cm³/mol. The summed E-state index contributed by atoms with van der Waals surface area (Å²) in [4.78, 5) is 0.405. The van der Waals surface area contributed by atoms with Gasteiger partial charge in [-0.3, -0.25) is 0 Å². The Morgan fingerprint density at radius 3 is 2.84 bits per heavy atom. The maximum atomic E-state index is 12.7. The highest BCUT2D eigenvalue weighted by Gasteiger charge is 2.31. The van der Waals surface area contributed by atoms with Crippen molar-refractivity contribution in [3.05, 3.63) is 29.3 Å². The molecule has 0 saturated carbocycles. The van der Waals surface area contributed by atoms with Gasteiger partial charge in [0.15, 0.2) is 0 Å². The fourth-order valence-corrected chi connectivity index (χ4v) is 4.29. The lowest BCUT2D eigenvalue weighted by atomic mass is 10.2. The molecule has 0 aliphatic carbocycles. The summed E-state index contributed by atoms with van der Waals surface area (Å²) in [7, 11) is -3.43. The zero-order valence-electron chi connectivity index (χ0n) is 11.1. The average molecular weight is 348 g/mol. The second-order valence-corrected chi connectivity index (χ2v) is 7.33. The molecule has 1 aliphatic heterocycles. The molecule has 1 aliphatic rings. The van der Waals surface area contributed by atoms with Gasteiger partial charge in [0, 0.05) is 18.4 Å². The third-order valence-electron chi connectivity index (χ3n) is 3.24. The fraction of sp³-hybridized carbons (Fsp3) is 0.538. The Labute approximate surface area is 122 Å². The Bertz CT molecular complexity index is 559. The van der Waals surface area contributed by atoms with Crippen molar-refractivity contribution in [2.45, 2.75) is 24.8 Å². The van der Waals surface area contributed by atoms with Crippen molar-refractivity contribution >= 4 is 26.0 Å². The maximum Gasteiger partial charge on any atom is 0.243 e. The van der Waals surface area contributed by atoms with Gasteiger partial charge in [-0.25, -0.2) is 8.42 Å². The van der Waals surface area contributed by atoms with Crippen LogP contribution in [0.4, 0.5) is 0 Å². The smallest absolute Gasteiger partial charge is 0.243 e. The first-order valence-electron chi connectivity index (χ1n) is 6.20. The molecule has 0 amide bonds. The van der Waals surface area contributed by atoms with Gasteiger partial charge in [0.1, 0.15) is 0 Å². The molecular formula is C13H18BrNO3S. The molecule has 1 fully saturated rings. The van der Waals surface area contributed by atoms with E-state index in [1.165, 1.54) is 4.31 Å². The molecule has 106 valence electrons. The molecule has 0 N–H and O–H groups in total. The van der Waals surface area contributed by atoms with Crippen LogP contribution in [0.1, 0.15) is 11.1 Å². The highest BCUT2D eigenvalue weighted by atomic mass is 79.9. The highest BCUT2D eigenvalue weighted by Crippen LogP contribution is 2.23. The molecule has 0 aromatic heterocycles. The van der Waals surface area contributed by atoms with Crippen LogP contribution in [-0.4, -0.2) is 43.9 Å². The lowest BCUT2D eigenvalue weighted by Crippen LogP contribution is -2.46. The normalized spacial score (nSPS) is 21.5. The highest BCUT2D eigenvalue weighted by molar-refractivity contribution is 9.09. The van der Waals surface area contributed by atoms with Gasteiger partial charge in [-0.15, -0.1) is 0 Å². The molecular weight excluding hydrogens is 330 g/mol. The van der Waals surface area contributed by atoms with E-state index in [1.807, 2.05) is 26.0 Å². The molecule has 0 radical (unpaired) electrons. The molecule has 19 heavy (non-hydrogen) atoms. The van der Waals surface area contributed by atoms with Crippen molar-refractivity contribution in [1.82, 2.24) is 4.31 Å². The number of halogens is 1. The SMILES string of the molecule is Cc1ccc(C)c(S(=O)(=O)N2CCOC(CBr)C2)c1. The van der Waals surface area contributed by atoms with Crippen molar-refractivity contribution in [2.75, 3.05) is 25.0 Å². The summed E-state index contributed by atoms with van der Waals surface area (Å²) in [5.41, 5.74) is 1.74. The zero-order chi connectivity index (χ0) is 14.0. The van der Waals surface area contributed by atoms with Crippen molar-refractivity contribution in [2.24, 2.45) is 0 Å². The first-order valence-corrected chi connectivity index (χ1v) is 8.76. The second kappa shape index (κ2) is 5.91. The van der Waals surface area contributed by atoms with Gasteiger partial charge in [-0.1, -0.05) is 28.1 Å². The number of sulfonamides is 1. The molecule has 1 saturated heterocycles. The Morgan fingerprint density at radius 2 is 2.16 bits per heavy atom. The van der Waals surface area contributed by atoms with Crippen LogP contribution in [0, 0.1) is 13.8 Å². The minimum absolute atomic E-state index is 0.0753. The molecule has 0 bridgehead atoms. The molecule has 4 nitrogen and oxygen atoms in total. The molecule has 6 heteroatoms. The zero-order valence-corrected chi connectivity index (χ0v) is 13.5. The van der Waals surface area contributed by atoms with Crippen LogP contribution in [0.25, 0.3) is 0 Å². The Morgan fingerprint density at radius 1 is 1.42 bits per heavy atom. The molecule has 0 spiro atoms. The topological polar surface area (TPSA) is 46.6 Å². The number of alkyl halides is 1. The maximum absolute atomic E-state index is 12.7. The van der Waals surface area contributed by atoms with E-state index in [2.05, 4.69) is 15.9 Å². The molecule has 1 heterocycles. The van der Waals surface area contributed by atoms with E-state index in [4.69, 9.17) is 4.74 Å². The van der Waals surface area contributed by atoms with E-state index < -0.39 is 10.0 Å². The molecule has 1 atom stereocenters. The molecule has 1 aromatic rings. The average Bonchev–Trinajstić information content (AvgIpc) is 2.41. The van der Waals surface area contributed by atoms with Gasteiger partial charge in [0.05, 0.1) is 17.6 Å². The van der Waals surface area contributed by atoms with Crippen molar-refractivity contribution < 1.29 is 13.2 Å². The Kier molecular flexibility index (Phi) is 4.66. The number of hydrogen-bond acceptors (Lipinski definition) is 3. The summed E-state index contributed by atoms with van der Waals surface area (Å²) in [5.74, 6) is 0. The number of morpholine rings is 1. The Balaban J connectivity index is 2.34. The lowest BCUT2D eigenvalue weighted by Gasteiger charge is -2.31. The van der Waals surface area contributed by atoms with E-state index in [9.17, 15) is 8.42 Å². The van der Waals surface area contributed by atoms with Crippen LogP contribution >= 0.6 is 15.9 Å². The van der Waals surface area contributed by atoms with Gasteiger partial charge in [0.25, 0.3) is 0 Å². The summed E-state index contributed by atoms with van der Waals surface area (Å²) in [6.45, 7) is 4.99. The molecule has 1 aromatic carbocycles. The van der Waals surface area contributed by atoms with Gasteiger partial charge in [0.2, 0.25) is 10.0 Å². The summed E-state index contributed by atoms with van der Waals surface area (Å²) in [6.07, 6.45) is -0.0753. The number of aryl methyl sites for hydroxylation is 2.